The van der Waals surface area contributed by atoms with Crippen molar-refractivity contribution in [1.29, 1.82) is 0 Å². The van der Waals surface area contributed by atoms with Crippen LogP contribution in [0.15, 0.2) is 12.1 Å². The first-order valence-electron chi connectivity index (χ1n) is 5.59. The van der Waals surface area contributed by atoms with Gasteiger partial charge in [0.25, 0.3) is 0 Å². The third-order valence-electron chi connectivity index (χ3n) is 2.80. The third kappa shape index (κ3) is 2.20. The minimum Gasteiger partial charge on any atom is -0.398 e. The molecule has 0 heterocycles. The lowest BCUT2D eigenvalue weighted by Gasteiger charge is -2.13. The van der Waals surface area contributed by atoms with Crippen molar-refractivity contribution in [2.45, 2.75) is 40.0 Å². The highest BCUT2D eigenvalue weighted by molar-refractivity contribution is 5.98. The smallest absolute Gasteiger partial charge is 0.162 e. The predicted octanol–water partition coefficient (Wildman–Crippen LogP) is 2.99. The van der Waals surface area contributed by atoms with Gasteiger partial charge in [-0.3, -0.25) is 4.79 Å². The van der Waals surface area contributed by atoms with Gasteiger partial charge >= 0.3 is 0 Å². The van der Waals surface area contributed by atoms with E-state index in [0.29, 0.717) is 6.42 Å². The molecule has 0 amide bonds. The minimum absolute atomic E-state index is 0.210. The highest BCUT2D eigenvalue weighted by atomic mass is 16.1. The molecule has 0 radical (unpaired) electrons. The van der Waals surface area contributed by atoms with Crippen LogP contribution in [-0.4, -0.2) is 5.78 Å². The largest absolute Gasteiger partial charge is 0.398 e. The fourth-order valence-corrected chi connectivity index (χ4v) is 1.98. The molecule has 2 heteroatoms. The van der Waals surface area contributed by atoms with Gasteiger partial charge in [0, 0.05) is 17.7 Å². The molecule has 1 aromatic rings. The van der Waals surface area contributed by atoms with Crippen molar-refractivity contribution in [2.75, 3.05) is 5.73 Å². The van der Waals surface area contributed by atoms with Crippen molar-refractivity contribution in [1.82, 2.24) is 0 Å². The topological polar surface area (TPSA) is 43.1 Å². The van der Waals surface area contributed by atoms with Gasteiger partial charge in [-0.1, -0.05) is 20.8 Å². The maximum Gasteiger partial charge on any atom is 0.162 e. The van der Waals surface area contributed by atoms with Crippen molar-refractivity contribution in [2.24, 2.45) is 0 Å². The molecule has 0 aliphatic rings. The second kappa shape index (κ2) is 4.96. The number of ketones is 1. The Morgan fingerprint density at radius 1 is 1.13 bits per heavy atom. The molecule has 15 heavy (non-hydrogen) atoms. The van der Waals surface area contributed by atoms with E-state index >= 15 is 0 Å². The molecule has 0 bridgehead atoms. The first-order valence-corrected chi connectivity index (χ1v) is 5.59. The SMILES string of the molecule is CCC(=O)c1ccc(N)c(CC)c1CC. The molecule has 0 saturated heterocycles. The number of hydrogen-bond acceptors (Lipinski definition) is 2. The highest BCUT2D eigenvalue weighted by Gasteiger charge is 2.13. The van der Waals surface area contributed by atoms with E-state index in [1.165, 1.54) is 0 Å². The van der Waals surface area contributed by atoms with E-state index in [0.717, 1.165) is 35.2 Å². The number of carbonyl (C=O) groups excluding carboxylic acids is 1. The quantitative estimate of drug-likeness (QED) is 0.606. The molecule has 2 nitrogen and oxygen atoms in total. The fraction of sp³-hybridized carbons (Fsp3) is 0.462. The Morgan fingerprint density at radius 3 is 2.20 bits per heavy atom. The van der Waals surface area contributed by atoms with E-state index in [1.807, 2.05) is 19.1 Å². The van der Waals surface area contributed by atoms with E-state index in [1.54, 1.807) is 0 Å². The van der Waals surface area contributed by atoms with Crippen molar-refractivity contribution >= 4 is 11.5 Å². The van der Waals surface area contributed by atoms with Crippen LogP contribution in [-0.2, 0) is 12.8 Å². The predicted molar refractivity (Wildman–Crippen MR) is 64.2 cm³/mol. The molecular weight excluding hydrogens is 186 g/mol. The summed E-state index contributed by atoms with van der Waals surface area (Å²) in [5, 5.41) is 0. The van der Waals surface area contributed by atoms with Crippen LogP contribution in [0.5, 0.6) is 0 Å². The van der Waals surface area contributed by atoms with Crippen LogP contribution >= 0.6 is 0 Å². The van der Waals surface area contributed by atoms with Gasteiger partial charge in [-0.25, -0.2) is 0 Å². The summed E-state index contributed by atoms with van der Waals surface area (Å²) in [5.41, 5.74) is 9.83. The second-order valence-electron chi connectivity index (χ2n) is 3.64. The van der Waals surface area contributed by atoms with E-state index in [2.05, 4.69) is 13.8 Å². The molecule has 1 aromatic carbocycles. The lowest BCUT2D eigenvalue weighted by molar-refractivity contribution is 0.0987. The minimum atomic E-state index is 0.210. The maximum atomic E-state index is 11.7. The molecule has 0 aliphatic heterocycles. The Balaban J connectivity index is 3.35. The van der Waals surface area contributed by atoms with Crippen LogP contribution in [0.3, 0.4) is 0 Å². The number of benzene rings is 1. The van der Waals surface area contributed by atoms with Gasteiger partial charge in [-0.15, -0.1) is 0 Å². The molecule has 82 valence electrons. The van der Waals surface area contributed by atoms with Gasteiger partial charge in [0.15, 0.2) is 5.78 Å². The average Bonchev–Trinajstić information content (AvgIpc) is 2.27. The standard InChI is InChI=1S/C13H19NO/c1-4-9-10(5-2)12(14)8-7-11(9)13(15)6-3/h7-8H,4-6,14H2,1-3H3. The number of nitrogen functional groups attached to an aromatic ring is 1. The molecule has 0 aromatic heterocycles. The summed E-state index contributed by atoms with van der Waals surface area (Å²) < 4.78 is 0. The molecule has 2 N–H and O–H groups in total. The number of nitrogens with two attached hydrogens (primary N) is 1. The Bertz CT molecular complexity index is 369. The van der Waals surface area contributed by atoms with Crippen molar-refractivity contribution in [3.63, 3.8) is 0 Å². The van der Waals surface area contributed by atoms with Crippen LogP contribution in [0.1, 0.15) is 48.7 Å². The average molecular weight is 205 g/mol. The summed E-state index contributed by atoms with van der Waals surface area (Å²) in [6.45, 7) is 6.04. The number of anilines is 1. The van der Waals surface area contributed by atoms with Gasteiger partial charge < -0.3 is 5.73 Å². The van der Waals surface area contributed by atoms with Crippen molar-refractivity contribution < 1.29 is 4.79 Å². The molecule has 0 atom stereocenters. The molecular formula is C13H19NO. The summed E-state index contributed by atoms with van der Waals surface area (Å²) in [4.78, 5) is 11.7. The lowest BCUT2D eigenvalue weighted by Crippen LogP contribution is -2.07. The van der Waals surface area contributed by atoms with Crippen LogP contribution in [0.25, 0.3) is 0 Å². The third-order valence-corrected chi connectivity index (χ3v) is 2.80. The molecule has 0 unspecified atom stereocenters. The number of carbonyl (C=O) groups is 1. The molecule has 0 spiro atoms. The van der Waals surface area contributed by atoms with Gasteiger partial charge in [-0.05, 0) is 36.1 Å². The highest BCUT2D eigenvalue weighted by Crippen LogP contribution is 2.23. The summed E-state index contributed by atoms with van der Waals surface area (Å²) in [7, 11) is 0. The maximum absolute atomic E-state index is 11.7. The fourth-order valence-electron chi connectivity index (χ4n) is 1.98. The van der Waals surface area contributed by atoms with Crippen LogP contribution in [0.2, 0.25) is 0 Å². The Hall–Kier alpha value is -1.31. The summed E-state index contributed by atoms with van der Waals surface area (Å²) in [6.07, 6.45) is 2.31. The molecule has 1 rings (SSSR count). The Kier molecular flexibility index (Phi) is 3.89. The molecule has 0 aliphatic carbocycles. The molecule has 0 saturated carbocycles. The number of hydrogen-bond donors (Lipinski definition) is 1. The Labute approximate surface area is 91.5 Å². The van der Waals surface area contributed by atoms with E-state index in [9.17, 15) is 4.79 Å². The Morgan fingerprint density at radius 2 is 1.73 bits per heavy atom. The zero-order valence-corrected chi connectivity index (χ0v) is 9.76. The van der Waals surface area contributed by atoms with Crippen LogP contribution in [0.4, 0.5) is 5.69 Å². The van der Waals surface area contributed by atoms with Gasteiger partial charge in [0.2, 0.25) is 0 Å². The number of rotatable bonds is 4. The number of Topliss-reactive ketones (excluding diaryl/α,β-unsaturated/α-hetero) is 1. The van der Waals surface area contributed by atoms with Crippen molar-refractivity contribution in [3.05, 3.63) is 28.8 Å². The second-order valence-corrected chi connectivity index (χ2v) is 3.64. The van der Waals surface area contributed by atoms with Gasteiger partial charge in [-0.2, -0.15) is 0 Å². The first-order chi connectivity index (χ1) is 7.15. The van der Waals surface area contributed by atoms with Crippen LogP contribution in [0, 0.1) is 0 Å². The van der Waals surface area contributed by atoms with Gasteiger partial charge in [0.1, 0.15) is 0 Å². The van der Waals surface area contributed by atoms with E-state index in [4.69, 9.17) is 5.73 Å². The summed E-state index contributed by atoms with van der Waals surface area (Å²) in [6, 6.07) is 3.71. The lowest BCUT2D eigenvalue weighted by atomic mass is 9.92. The van der Waals surface area contributed by atoms with Gasteiger partial charge in [0.05, 0.1) is 0 Å². The first kappa shape index (κ1) is 11.8. The van der Waals surface area contributed by atoms with E-state index < -0.39 is 0 Å². The van der Waals surface area contributed by atoms with E-state index in [-0.39, 0.29) is 5.78 Å². The normalized spacial score (nSPS) is 10.3. The molecule has 0 fully saturated rings. The zero-order valence-electron chi connectivity index (χ0n) is 9.76. The monoisotopic (exact) mass is 205 g/mol. The zero-order chi connectivity index (χ0) is 11.4. The van der Waals surface area contributed by atoms with Crippen LogP contribution < -0.4 is 5.73 Å². The summed E-state index contributed by atoms with van der Waals surface area (Å²) >= 11 is 0. The van der Waals surface area contributed by atoms with Crippen molar-refractivity contribution in [3.8, 4) is 0 Å². The summed E-state index contributed by atoms with van der Waals surface area (Å²) in [5.74, 6) is 0.210.